The fraction of sp³-hybridized carbons (Fsp3) is 0.550. The standard InChI is InChI=1S/C20H25N3O3S/c1-19(2,3)13-6-8-20(9-7-13)17(24)23(18(25)22-20)11-14-12-26-16(21-14)15-5-4-10-27-15/h4-5,10,12-13H,6-9,11H2,1-3H3,(H,22,25). The monoisotopic (exact) mass is 387 g/mol. The van der Waals surface area contributed by atoms with E-state index in [-0.39, 0.29) is 23.9 Å². The maximum atomic E-state index is 13.1. The van der Waals surface area contributed by atoms with Gasteiger partial charge in [-0.05, 0) is 48.5 Å². The first-order valence-electron chi connectivity index (χ1n) is 9.41. The molecule has 2 aromatic rings. The van der Waals surface area contributed by atoms with Gasteiger partial charge in [0.05, 0.1) is 17.1 Å². The molecule has 144 valence electrons. The minimum Gasteiger partial charge on any atom is -0.443 e. The second kappa shape index (κ2) is 6.48. The summed E-state index contributed by atoms with van der Waals surface area (Å²) in [5, 5.41) is 4.93. The van der Waals surface area contributed by atoms with E-state index in [9.17, 15) is 9.59 Å². The summed E-state index contributed by atoms with van der Waals surface area (Å²) in [5.74, 6) is 0.971. The Bertz CT molecular complexity index is 842. The van der Waals surface area contributed by atoms with E-state index in [0.29, 0.717) is 30.3 Å². The number of rotatable bonds is 3. The van der Waals surface area contributed by atoms with Crippen LogP contribution in [-0.2, 0) is 11.3 Å². The van der Waals surface area contributed by atoms with Gasteiger partial charge in [-0.15, -0.1) is 11.3 Å². The molecular weight excluding hydrogens is 362 g/mol. The lowest BCUT2D eigenvalue weighted by Crippen LogP contribution is -2.50. The number of carbonyl (C=O) groups is 2. The number of imide groups is 1. The molecule has 2 aliphatic rings. The third kappa shape index (κ3) is 3.29. The average molecular weight is 388 g/mol. The molecule has 1 spiro atoms. The molecule has 1 saturated carbocycles. The summed E-state index contributed by atoms with van der Waals surface area (Å²) in [6.45, 7) is 6.87. The van der Waals surface area contributed by atoms with E-state index < -0.39 is 5.54 Å². The maximum Gasteiger partial charge on any atom is 0.325 e. The number of hydrogen-bond donors (Lipinski definition) is 1. The van der Waals surface area contributed by atoms with Crippen LogP contribution < -0.4 is 5.32 Å². The zero-order chi connectivity index (χ0) is 19.2. The maximum absolute atomic E-state index is 13.1. The summed E-state index contributed by atoms with van der Waals surface area (Å²) >= 11 is 1.54. The van der Waals surface area contributed by atoms with Crippen LogP contribution in [0.4, 0.5) is 4.79 Å². The summed E-state index contributed by atoms with van der Waals surface area (Å²) in [7, 11) is 0. The molecular formula is C20H25N3O3S. The summed E-state index contributed by atoms with van der Waals surface area (Å²) in [4.78, 5) is 32.2. The Hall–Kier alpha value is -2.15. The van der Waals surface area contributed by atoms with E-state index in [2.05, 4.69) is 31.1 Å². The van der Waals surface area contributed by atoms with Gasteiger partial charge >= 0.3 is 6.03 Å². The number of amides is 3. The van der Waals surface area contributed by atoms with Gasteiger partial charge in [-0.25, -0.2) is 9.78 Å². The van der Waals surface area contributed by atoms with Crippen molar-refractivity contribution in [3.05, 3.63) is 29.5 Å². The van der Waals surface area contributed by atoms with E-state index in [4.69, 9.17) is 4.42 Å². The molecule has 27 heavy (non-hydrogen) atoms. The van der Waals surface area contributed by atoms with Crippen LogP contribution in [0.5, 0.6) is 0 Å². The fourth-order valence-corrected chi connectivity index (χ4v) is 4.85. The SMILES string of the molecule is CC(C)(C)C1CCC2(CC1)NC(=O)N(Cc1coc(-c3cccs3)n1)C2=O. The van der Waals surface area contributed by atoms with Crippen molar-refractivity contribution in [2.75, 3.05) is 0 Å². The highest BCUT2D eigenvalue weighted by molar-refractivity contribution is 7.13. The van der Waals surface area contributed by atoms with Gasteiger partial charge in [-0.2, -0.15) is 0 Å². The first kappa shape index (κ1) is 18.2. The Balaban J connectivity index is 1.46. The van der Waals surface area contributed by atoms with E-state index in [1.165, 1.54) is 22.5 Å². The molecule has 1 N–H and O–H groups in total. The third-order valence-corrected chi connectivity index (χ3v) is 6.77. The number of urea groups is 1. The lowest BCUT2D eigenvalue weighted by molar-refractivity contribution is -0.133. The molecule has 0 bridgehead atoms. The minimum atomic E-state index is -0.737. The Labute approximate surface area is 163 Å². The number of nitrogens with one attached hydrogen (secondary N) is 1. The highest BCUT2D eigenvalue weighted by atomic mass is 32.1. The largest absolute Gasteiger partial charge is 0.443 e. The summed E-state index contributed by atoms with van der Waals surface area (Å²) in [6.07, 6.45) is 4.84. The van der Waals surface area contributed by atoms with Crippen LogP contribution >= 0.6 is 11.3 Å². The van der Waals surface area contributed by atoms with E-state index in [1.807, 2.05) is 17.5 Å². The van der Waals surface area contributed by atoms with Gasteiger partial charge in [0, 0.05) is 0 Å². The Kier molecular flexibility index (Phi) is 4.37. The first-order valence-corrected chi connectivity index (χ1v) is 10.3. The van der Waals surface area contributed by atoms with Gasteiger partial charge in [-0.1, -0.05) is 26.8 Å². The molecule has 6 nitrogen and oxygen atoms in total. The lowest BCUT2D eigenvalue weighted by atomic mass is 9.67. The number of thiophene rings is 1. The van der Waals surface area contributed by atoms with Crippen molar-refractivity contribution >= 4 is 23.3 Å². The molecule has 0 atom stereocenters. The van der Waals surface area contributed by atoms with Crippen LogP contribution in [0.25, 0.3) is 10.8 Å². The number of aromatic nitrogens is 1. The van der Waals surface area contributed by atoms with Gasteiger partial charge in [0.2, 0.25) is 5.89 Å². The molecule has 1 aliphatic carbocycles. The summed E-state index contributed by atoms with van der Waals surface area (Å²) in [5.41, 5.74) is 0.0766. The molecule has 4 rings (SSSR count). The third-order valence-electron chi connectivity index (χ3n) is 5.91. The van der Waals surface area contributed by atoms with Gasteiger partial charge in [0.25, 0.3) is 5.91 Å². The molecule has 0 radical (unpaired) electrons. The molecule has 1 aliphatic heterocycles. The van der Waals surface area contributed by atoms with Gasteiger partial charge < -0.3 is 9.73 Å². The molecule has 3 heterocycles. The van der Waals surface area contributed by atoms with Crippen LogP contribution in [0.1, 0.15) is 52.1 Å². The predicted octanol–water partition coefficient (Wildman–Crippen LogP) is 4.43. The predicted molar refractivity (Wildman–Crippen MR) is 103 cm³/mol. The normalized spacial score (nSPS) is 26.0. The quantitative estimate of drug-likeness (QED) is 0.791. The summed E-state index contributed by atoms with van der Waals surface area (Å²) < 4.78 is 5.51. The van der Waals surface area contributed by atoms with Crippen molar-refractivity contribution in [1.82, 2.24) is 15.2 Å². The Morgan fingerprint density at radius 3 is 2.70 bits per heavy atom. The Morgan fingerprint density at radius 1 is 1.33 bits per heavy atom. The lowest BCUT2D eigenvalue weighted by Gasteiger charge is -2.40. The van der Waals surface area contributed by atoms with E-state index in [1.54, 1.807) is 0 Å². The second-order valence-electron chi connectivity index (χ2n) is 8.67. The molecule has 0 unspecified atom stereocenters. The highest BCUT2D eigenvalue weighted by Gasteiger charge is 2.53. The average Bonchev–Trinajstić information content (AvgIpc) is 3.33. The Morgan fingerprint density at radius 2 is 2.07 bits per heavy atom. The van der Waals surface area contributed by atoms with Gasteiger partial charge in [0.15, 0.2) is 0 Å². The van der Waals surface area contributed by atoms with E-state index >= 15 is 0 Å². The van der Waals surface area contributed by atoms with Crippen molar-refractivity contribution in [3.8, 4) is 10.8 Å². The van der Waals surface area contributed by atoms with Crippen LogP contribution in [-0.4, -0.2) is 27.4 Å². The van der Waals surface area contributed by atoms with E-state index in [0.717, 1.165) is 17.7 Å². The van der Waals surface area contributed by atoms with Crippen LogP contribution in [0.3, 0.4) is 0 Å². The number of oxazole rings is 1. The van der Waals surface area contributed by atoms with Crippen molar-refractivity contribution in [1.29, 1.82) is 0 Å². The second-order valence-corrected chi connectivity index (χ2v) is 9.61. The summed E-state index contributed by atoms with van der Waals surface area (Å²) in [6, 6.07) is 3.53. The van der Waals surface area contributed by atoms with Gasteiger partial charge in [-0.3, -0.25) is 9.69 Å². The zero-order valence-electron chi connectivity index (χ0n) is 15.9. The van der Waals surface area contributed by atoms with Gasteiger partial charge in [0.1, 0.15) is 11.8 Å². The van der Waals surface area contributed by atoms with Crippen molar-refractivity contribution in [2.45, 2.75) is 58.5 Å². The van der Waals surface area contributed by atoms with Crippen LogP contribution in [0.2, 0.25) is 0 Å². The molecule has 7 heteroatoms. The topological polar surface area (TPSA) is 75.4 Å². The molecule has 1 saturated heterocycles. The van der Waals surface area contributed by atoms with Crippen molar-refractivity contribution in [2.24, 2.45) is 11.3 Å². The molecule has 2 fully saturated rings. The first-order chi connectivity index (χ1) is 12.8. The molecule has 2 aromatic heterocycles. The van der Waals surface area contributed by atoms with Crippen molar-refractivity contribution in [3.63, 3.8) is 0 Å². The smallest absolute Gasteiger partial charge is 0.325 e. The van der Waals surface area contributed by atoms with Crippen LogP contribution in [0, 0.1) is 11.3 Å². The molecule has 0 aromatic carbocycles. The highest BCUT2D eigenvalue weighted by Crippen LogP contribution is 2.43. The minimum absolute atomic E-state index is 0.125. The molecule has 3 amide bonds. The van der Waals surface area contributed by atoms with Crippen LogP contribution in [0.15, 0.2) is 28.2 Å². The van der Waals surface area contributed by atoms with Crippen molar-refractivity contribution < 1.29 is 14.0 Å². The zero-order valence-corrected chi connectivity index (χ0v) is 16.8. The number of nitrogens with zero attached hydrogens (tertiary/aromatic N) is 2. The fourth-order valence-electron chi connectivity index (χ4n) is 4.19. The number of carbonyl (C=O) groups excluding carboxylic acids is 2. The number of hydrogen-bond acceptors (Lipinski definition) is 5.